The van der Waals surface area contributed by atoms with Crippen molar-refractivity contribution in [2.75, 3.05) is 0 Å². The van der Waals surface area contributed by atoms with Gasteiger partial charge >= 0.3 is 6.18 Å². The van der Waals surface area contributed by atoms with Crippen LogP contribution < -0.4 is 0 Å². The van der Waals surface area contributed by atoms with Gasteiger partial charge < -0.3 is 4.98 Å². The Kier molecular flexibility index (Phi) is 2.82. The van der Waals surface area contributed by atoms with E-state index in [4.69, 9.17) is 0 Å². The van der Waals surface area contributed by atoms with Crippen LogP contribution in [0.2, 0.25) is 0 Å². The van der Waals surface area contributed by atoms with Crippen LogP contribution in [-0.4, -0.2) is 4.98 Å². The highest BCUT2D eigenvalue weighted by Gasteiger charge is 2.30. The number of halogens is 3. The van der Waals surface area contributed by atoms with E-state index in [1.54, 1.807) is 0 Å². The molecule has 0 atom stereocenters. The fourth-order valence-corrected chi connectivity index (χ4v) is 2.31. The highest BCUT2D eigenvalue weighted by Crippen LogP contribution is 2.33. The quantitative estimate of drug-likeness (QED) is 0.631. The fourth-order valence-electron chi connectivity index (χ4n) is 2.31. The lowest BCUT2D eigenvalue weighted by Gasteiger charge is -2.07. The van der Waals surface area contributed by atoms with E-state index in [9.17, 15) is 13.2 Å². The van der Waals surface area contributed by atoms with Crippen molar-refractivity contribution in [2.24, 2.45) is 0 Å². The van der Waals surface area contributed by atoms with E-state index in [0.717, 1.165) is 39.7 Å². The maximum absolute atomic E-state index is 12.6. The first-order chi connectivity index (χ1) is 9.45. The smallest absolute Gasteiger partial charge is 0.361 e. The summed E-state index contributed by atoms with van der Waals surface area (Å²) >= 11 is 0. The Hall–Kier alpha value is -2.23. The lowest BCUT2D eigenvalue weighted by molar-refractivity contribution is -0.137. The zero-order valence-electron chi connectivity index (χ0n) is 10.8. The number of H-pyrrole nitrogens is 1. The van der Waals surface area contributed by atoms with Crippen LogP contribution in [0.15, 0.2) is 48.7 Å². The molecule has 0 amide bonds. The molecule has 0 aliphatic heterocycles. The van der Waals surface area contributed by atoms with E-state index in [-0.39, 0.29) is 0 Å². The van der Waals surface area contributed by atoms with E-state index in [1.165, 1.54) is 12.1 Å². The molecule has 0 saturated heterocycles. The number of rotatable bonds is 1. The average molecular weight is 275 g/mol. The van der Waals surface area contributed by atoms with Crippen LogP contribution in [0.25, 0.3) is 22.0 Å². The molecule has 0 saturated carbocycles. The van der Waals surface area contributed by atoms with Crippen molar-refractivity contribution in [1.29, 1.82) is 0 Å². The number of aryl methyl sites for hydroxylation is 1. The lowest BCUT2D eigenvalue weighted by atomic mass is 10.0. The monoisotopic (exact) mass is 275 g/mol. The Labute approximate surface area is 114 Å². The summed E-state index contributed by atoms with van der Waals surface area (Å²) in [6.07, 6.45) is -2.47. The van der Waals surface area contributed by atoms with E-state index in [0.29, 0.717) is 0 Å². The SMILES string of the molecule is Cc1ccc2[nH]cc(-c3ccc(C(F)(F)F)cc3)c2c1. The van der Waals surface area contributed by atoms with Gasteiger partial charge in [0.2, 0.25) is 0 Å². The number of alkyl halides is 3. The van der Waals surface area contributed by atoms with Gasteiger partial charge in [0.1, 0.15) is 0 Å². The molecule has 0 unspecified atom stereocenters. The first-order valence-corrected chi connectivity index (χ1v) is 6.20. The zero-order chi connectivity index (χ0) is 14.3. The van der Waals surface area contributed by atoms with Crippen molar-refractivity contribution in [3.05, 3.63) is 59.8 Å². The van der Waals surface area contributed by atoms with Gasteiger partial charge in [-0.3, -0.25) is 0 Å². The second-order valence-electron chi connectivity index (χ2n) is 4.83. The van der Waals surface area contributed by atoms with Crippen LogP contribution in [0.1, 0.15) is 11.1 Å². The summed E-state index contributed by atoms with van der Waals surface area (Å²) in [5.41, 5.74) is 3.15. The fraction of sp³-hybridized carbons (Fsp3) is 0.125. The molecule has 0 bridgehead atoms. The summed E-state index contributed by atoms with van der Waals surface area (Å²) in [7, 11) is 0. The number of hydrogen-bond acceptors (Lipinski definition) is 0. The van der Waals surface area contributed by atoms with Crippen LogP contribution in [0, 0.1) is 6.92 Å². The number of hydrogen-bond donors (Lipinski definition) is 1. The minimum Gasteiger partial charge on any atom is -0.361 e. The molecule has 0 aliphatic rings. The summed E-state index contributed by atoms with van der Waals surface area (Å²) in [6, 6.07) is 11.2. The topological polar surface area (TPSA) is 15.8 Å². The minimum atomic E-state index is -4.30. The van der Waals surface area contributed by atoms with Crippen molar-refractivity contribution < 1.29 is 13.2 Å². The van der Waals surface area contributed by atoms with E-state index in [1.807, 2.05) is 31.3 Å². The van der Waals surface area contributed by atoms with Crippen molar-refractivity contribution in [3.63, 3.8) is 0 Å². The highest BCUT2D eigenvalue weighted by atomic mass is 19.4. The summed E-state index contributed by atoms with van der Waals surface area (Å²) in [4.78, 5) is 3.14. The second-order valence-corrected chi connectivity index (χ2v) is 4.83. The maximum atomic E-state index is 12.6. The molecule has 20 heavy (non-hydrogen) atoms. The third kappa shape index (κ3) is 2.18. The molecule has 4 heteroatoms. The third-order valence-corrected chi connectivity index (χ3v) is 3.36. The second kappa shape index (κ2) is 4.40. The summed E-state index contributed by atoms with van der Waals surface area (Å²) < 4.78 is 37.7. The van der Waals surface area contributed by atoms with Crippen LogP contribution >= 0.6 is 0 Å². The summed E-state index contributed by atoms with van der Waals surface area (Å²) in [5.74, 6) is 0. The van der Waals surface area contributed by atoms with Crippen LogP contribution in [0.4, 0.5) is 13.2 Å². The normalized spacial score (nSPS) is 12.0. The average Bonchev–Trinajstić information content (AvgIpc) is 2.81. The maximum Gasteiger partial charge on any atom is 0.416 e. The van der Waals surface area contributed by atoms with Gasteiger partial charge in [-0.15, -0.1) is 0 Å². The first-order valence-electron chi connectivity index (χ1n) is 6.20. The molecule has 0 aliphatic carbocycles. The lowest BCUT2D eigenvalue weighted by Crippen LogP contribution is -2.03. The molecule has 3 aromatic rings. The zero-order valence-corrected chi connectivity index (χ0v) is 10.8. The van der Waals surface area contributed by atoms with Gasteiger partial charge in [0.05, 0.1) is 5.56 Å². The van der Waals surface area contributed by atoms with Gasteiger partial charge in [-0.25, -0.2) is 0 Å². The molecule has 3 rings (SSSR count). The first kappa shape index (κ1) is 12.8. The Balaban J connectivity index is 2.09. The van der Waals surface area contributed by atoms with Gasteiger partial charge in [0.15, 0.2) is 0 Å². The number of aromatic amines is 1. The number of aromatic nitrogens is 1. The molecule has 0 fully saturated rings. The molecule has 0 spiro atoms. The van der Waals surface area contributed by atoms with Gasteiger partial charge in [0.25, 0.3) is 0 Å². The predicted molar refractivity (Wildman–Crippen MR) is 73.5 cm³/mol. The predicted octanol–water partition coefficient (Wildman–Crippen LogP) is 5.16. The van der Waals surface area contributed by atoms with Gasteiger partial charge in [-0.05, 0) is 36.8 Å². The van der Waals surface area contributed by atoms with E-state index >= 15 is 0 Å². The largest absolute Gasteiger partial charge is 0.416 e. The molecule has 2 aromatic carbocycles. The van der Waals surface area contributed by atoms with Gasteiger partial charge in [-0.2, -0.15) is 13.2 Å². The molecule has 0 radical (unpaired) electrons. The van der Waals surface area contributed by atoms with Crippen molar-refractivity contribution in [3.8, 4) is 11.1 Å². The van der Waals surface area contributed by atoms with Gasteiger partial charge in [0, 0.05) is 22.7 Å². The van der Waals surface area contributed by atoms with Crippen LogP contribution in [-0.2, 0) is 6.18 Å². The van der Waals surface area contributed by atoms with E-state index in [2.05, 4.69) is 4.98 Å². The molecule has 1 N–H and O–H groups in total. The Morgan fingerprint density at radius 2 is 1.65 bits per heavy atom. The van der Waals surface area contributed by atoms with Gasteiger partial charge in [-0.1, -0.05) is 23.8 Å². The molecule has 102 valence electrons. The number of nitrogens with one attached hydrogen (secondary N) is 1. The third-order valence-electron chi connectivity index (χ3n) is 3.36. The molecule has 1 nitrogen and oxygen atoms in total. The number of benzene rings is 2. The Morgan fingerprint density at radius 1 is 0.950 bits per heavy atom. The summed E-state index contributed by atoms with van der Waals surface area (Å²) in [5, 5.41) is 1.02. The summed E-state index contributed by atoms with van der Waals surface area (Å²) in [6.45, 7) is 1.99. The van der Waals surface area contributed by atoms with Crippen molar-refractivity contribution in [2.45, 2.75) is 13.1 Å². The van der Waals surface area contributed by atoms with E-state index < -0.39 is 11.7 Å². The molecule has 1 aromatic heterocycles. The Morgan fingerprint density at radius 3 is 2.30 bits per heavy atom. The highest BCUT2D eigenvalue weighted by molar-refractivity contribution is 5.95. The molecule has 1 heterocycles. The standard InChI is InChI=1S/C16H12F3N/c1-10-2-7-15-13(8-10)14(9-20-15)11-3-5-12(6-4-11)16(17,18)19/h2-9,20H,1H3. The Bertz CT molecular complexity index is 751. The molecular weight excluding hydrogens is 263 g/mol. The van der Waals surface area contributed by atoms with Crippen molar-refractivity contribution in [1.82, 2.24) is 4.98 Å². The number of fused-ring (bicyclic) bond motifs is 1. The van der Waals surface area contributed by atoms with Crippen LogP contribution in [0.3, 0.4) is 0 Å². The van der Waals surface area contributed by atoms with Crippen molar-refractivity contribution >= 4 is 10.9 Å². The van der Waals surface area contributed by atoms with Crippen LogP contribution in [0.5, 0.6) is 0 Å². The minimum absolute atomic E-state index is 0.628. The molecular formula is C16H12F3N.